The van der Waals surface area contributed by atoms with Crippen LogP contribution in [0.2, 0.25) is 0 Å². The van der Waals surface area contributed by atoms with Crippen molar-refractivity contribution in [1.82, 2.24) is 0 Å². The Balaban J connectivity index is 0. The fourth-order valence-corrected chi connectivity index (χ4v) is 0. The Kier molecular flexibility index (Phi) is 277. The summed E-state index contributed by atoms with van der Waals surface area (Å²) in [5.41, 5.74) is 0. The van der Waals surface area contributed by atoms with Crippen LogP contribution in [-0.4, -0.2) is 0 Å². The van der Waals surface area contributed by atoms with Gasteiger partial charge in [0.25, 0.3) is 0 Å². The first kappa shape index (κ1) is 46.8. The number of hydrogen-bond acceptors (Lipinski definition) is 0. The van der Waals surface area contributed by atoms with Crippen LogP contribution in [-0.2, 0) is 88.8 Å². The van der Waals surface area contributed by atoms with Crippen molar-refractivity contribution in [2.75, 3.05) is 0 Å². The van der Waals surface area contributed by atoms with Crippen LogP contribution in [0.3, 0.4) is 0 Å². The van der Waals surface area contributed by atoms with Crippen LogP contribution < -0.4 is 0 Å². The van der Waals surface area contributed by atoms with Crippen molar-refractivity contribution in [3.63, 3.8) is 0 Å². The maximum absolute atomic E-state index is 0. The summed E-state index contributed by atoms with van der Waals surface area (Å²) in [6, 6.07) is 0. The van der Waals surface area contributed by atoms with E-state index in [0.29, 0.717) is 0 Å². The van der Waals surface area contributed by atoms with Crippen molar-refractivity contribution in [3.8, 4) is 0 Å². The van der Waals surface area contributed by atoms with Gasteiger partial charge in [-0.15, -0.1) is 0 Å². The maximum atomic E-state index is 0. The Labute approximate surface area is 87.6 Å². The molecule has 0 bridgehead atoms. The Morgan fingerprint density at radius 3 is 1.00 bits per heavy atom. The van der Waals surface area contributed by atoms with Gasteiger partial charge in [-0.3, -0.25) is 0 Å². The number of rotatable bonds is 0. The monoisotopic (exact) mass is 322 g/mol. The van der Waals surface area contributed by atoms with E-state index in [1.807, 2.05) is 0 Å². The summed E-state index contributed by atoms with van der Waals surface area (Å²) < 4.78 is 0. The topological polar surface area (TPSA) is 0 Å². The fraction of sp³-hybridized carbons (Fsp3) is 0. The van der Waals surface area contributed by atoms with E-state index < -0.39 is 0 Å². The van der Waals surface area contributed by atoms with E-state index in [2.05, 4.69) is 0 Å². The molecule has 0 aromatic rings. The summed E-state index contributed by atoms with van der Waals surface area (Å²) in [5, 5.41) is 0. The first-order valence-electron chi connectivity index (χ1n) is 0. The molecule has 0 spiro atoms. The quantitative estimate of drug-likeness (QED) is 0.551. The molecule has 0 N–H and O–H groups in total. The first-order chi connectivity index (χ1) is 0. The molecule has 0 fully saturated rings. The van der Waals surface area contributed by atoms with Gasteiger partial charge in [0.05, 0.1) is 0 Å². The molecule has 0 heterocycles. The predicted molar refractivity (Wildman–Crippen MR) is 0 cm³/mol. The van der Waals surface area contributed by atoms with E-state index in [9.17, 15) is 0 Å². The van der Waals surface area contributed by atoms with E-state index in [0.717, 1.165) is 0 Å². The van der Waals surface area contributed by atoms with Crippen molar-refractivity contribution >= 4 is 0 Å². The average Bonchev–Trinajstić information content (AvgIpc) is 0. The van der Waals surface area contributed by atoms with Gasteiger partial charge < -0.3 is 0 Å². The minimum Gasteiger partial charge on any atom is 0 e. The molecule has 0 rings (SSSR count). The standard InChI is InChI=1S/Co.Cr.Mn.Mo.Ni. The molecule has 0 aliphatic carbocycles. The average molecular weight is 320 g/mol. The van der Waals surface area contributed by atoms with Crippen molar-refractivity contribution in [3.05, 3.63) is 0 Å². The molecule has 5 heavy (non-hydrogen) atoms. The second-order valence-electron chi connectivity index (χ2n) is 0. The Hall–Kier alpha value is 2.74. The van der Waals surface area contributed by atoms with E-state index >= 15 is 0 Å². The first-order valence-corrected chi connectivity index (χ1v) is 0. The Morgan fingerprint density at radius 2 is 1.00 bits per heavy atom. The van der Waals surface area contributed by atoms with Crippen molar-refractivity contribution < 1.29 is 88.8 Å². The van der Waals surface area contributed by atoms with Crippen molar-refractivity contribution in [1.29, 1.82) is 0 Å². The second kappa shape index (κ2) is 29.6. The summed E-state index contributed by atoms with van der Waals surface area (Å²) in [4.78, 5) is 0. The summed E-state index contributed by atoms with van der Waals surface area (Å²) in [6.45, 7) is 0. The zero-order valence-corrected chi connectivity index (χ0v) is 8.34. The van der Waals surface area contributed by atoms with Crippen molar-refractivity contribution in [2.24, 2.45) is 0 Å². The Morgan fingerprint density at radius 1 is 1.00 bits per heavy atom. The largest absolute Gasteiger partial charge is 0 e. The molecule has 0 amide bonds. The van der Waals surface area contributed by atoms with Crippen LogP contribution in [0.25, 0.3) is 0 Å². The molecule has 2 radical (unpaired) electrons. The van der Waals surface area contributed by atoms with Crippen molar-refractivity contribution in [2.45, 2.75) is 0 Å². The van der Waals surface area contributed by atoms with E-state index in [1.165, 1.54) is 0 Å². The zero-order valence-electron chi connectivity index (χ0n) is 1.84. The minimum atomic E-state index is 0. The smallest absolute Gasteiger partial charge is 0 e. The molecule has 0 aliphatic heterocycles. The summed E-state index contributed by atoms with van der Waals surface area (Å²) in [7, 11) is 0. The molecular weight excluding hydrogens is 320 g/mol. The maximum Gasteiger partial charge on any atom is 0 e. The molecule has 0 atom stereocenters. The van der Waals surface area contributed by atoms with Gasteiger partial charge in [-0.05, 0) is 0 Å². The summed E-state index contributed by atoms with van der Waals surface area (Å²) >= 11 is 0. The van der Waals surface area contributed by atoms with Crippen LogP contribution in [0.15, 0.2) is 0 Å². The van der Waals surface area contributed by atoms with Crippen LogP contribution in [0.5, 0.6) is 0 Å². The van der Waals surface area contributed by atoms with E-state index in [4.69, 9.17) is 0 Å². The third-order valence-corrected chi connectivity index (χ3v) is 0. The van der Waals surface area contributed by atoms with Crippen LogP contribution >= 0.6 is 0 Å². The van der Waals surface area contributed by atoms with E-state index in [1.54, 1.807) is 0 Å². The molecule has 38 valence electrons. The SMILES string of the molecule is [Co].[Cr].[Mn].[Mo].[Ni]. The fourth-order valence-electron chi connectivity index (χ4n) is 0. The molecule has 5 heteroatoms. The van der Waals surface area contributed by atoms with Gasteiger partial charge in [0, 0.05) is 88.8 Å². The molecular formula is CoCrMnMoNi. The van der Waals surface area contributed by atoms with Crippen LogP contribution in [0, 0.1) is 0 Å². The molecule has 0 saturated heterocycles. The van der Waals surface area contributed by atoms with Gasteiger partial charge in [0.15, 0.2) is 0 Å². The van der Waals surface area contributed by atoms with Gasteiger partial charge >= 0.3 is 0 Å². The third kappa shape index (κ3) is 20.2. The predicted octanol–water partition coefficient (Wildman–Crippen LogP) is -0.0125. The van der Waals surface area contributed by atoms with Crippen LogP contribution in [0.1, 0.15) is 0 Å². The Bertz CT molecular complexity index is 11.6. The number of hydrogen-bond donors (Lipinski definition) is 0. The zero-order chi connectivity index (χ0) is 0. The molecule has 0 saturated carbocycles. The van der Waals surface area contributed by atoms with Gasteiger partial charge in [-0.2, -0.15) is 0 Å². The van der Waals surface area contributed by atoms with Gasteiger partial charge in [0.1, 0.15) is 0 Å². The van der Waals surface area contributed by atoms with Gasteiger partial charge in [0.2, 0.25) is 0 Å². The van der Waals surface area contributed by atoms with Gasteiger partial charge in [-0.1, -0.05) is 0 Å². The minimum absolute atomic E-state index is 0. The molecule has 0 aliphatic rings. The molecule has 0 unspecified atom stereocenters. The van der Waals surface area contributed by atoms with Gasteiger partial charge in [-0.25, -0.2) is 0 Å². The second-order valence-corrected chi connectivity index (χ2v) is 0. The molecule has 0 aromatic heterocycles. The summed E-state index contributed by atoms with van der Waals surface area (Å²) in [5.74, 6) is 0. The van der Waals surface area contributed by atoms with Crippen LogP contribution in [0.4, 0.5) is 0 Å². The normalized spacial score (nSPS) is 0. The third-order valence-electron chi connectivity index (χ3n) is 0. The molecule has 0 nitrogen and oxygen atoms in total. The summed E-state index contributed by atoms with van der Waals surface area (Å²) in [6.07, 6.45) is 0. The van der Waals surface area contributed by atoms with E-state index in [-0.39, 0.29) is 88.8 Å². The molecule has 0 aromatic carbocycles.